The van der Waals surface area contributed by atoms with Gasteiger partial charge in [-0.3, -0.25) is 0 Å². The third-order valence-electron chi connectivity index (χ3n) is 10.3. The summed E-state index contributed by atoms with van der Waals surface area (Å²) >= 11 is 0. The molecule has 268 valence electrons. The van der Waals surface area contributed by atoms with Crippen molar-refractivity contribution in [1.29, 1.82) is 0 Å². The van der Waals surface area contributed by atoms with Crippen LogP contribution in [0.5, 0.6) is 0 Å². The zero-order valence-corrected chi connectivity index (χ0v) is 30.9. The van der Waals surface area contributed by atoms with Gasteiger partial charge in [0.25, 0.3) is 0 Å². The molecule has 0 N–H and O–H groups in total. The van der Waals surface area contributed by atoms with Crippen molar-refractivity contribution in [3.63, 3.8) is 0 Å². The van der Waals surface area contributed by atoms with E-state index in [-0.39, 0.29) is 0 Å². The summed E-state index contributed by atoms with van der Waals surface area (Å²) in [5.74, 6) is 1.38. The van der Waals surface area contributed by atoms with E-state index in [1.54, 1.807) is 0 Å². The van der Waals surface area contributed by atoms with Crippen molar-refractivity contribution in [2.75, 3.05) is 0 Å². The summed E-state index contributed by atoms with van der Waals surface area (Å²) in [5, 5.41) is 4.97. The maximum atomic E-state index is 5.06. The highest BCUT2D eigenvalue weighted by Gasteiger charge is 2.15. The molecule has 0 saturated carbocycles. The molecule has 3 aromatic heterocycles. The lowest BCUT2D eigenvalue weighted by atomic mass is 10.00. The third-order valence-corrected chi connectivity index (χ3v) is 10.3. The van der Waals surface area contributed by atoms with E-state index in [1.807, 2.05) is 40.9 Å². The Bertz CT molecular complexity index is 2940. The highest BCUT2D eigenvalue weighted by Crippen LogP contribution is 2.33. The summed E-state index contributed by atoms with van der Waals surface area (Å²) in [5.41, 5.74) is 15.5. The molecule has 3 heterocycles. The van der Waals surface area contributed by atoms with Crippen LogP contribution < -0.4 is 0 Å². The summed E-state index contributed by atoms with van der Waals surface area (Å²) in [6.07, 6.45) is 2.06. The SMILES string of the molecule is c1ccc(-c2ccc(-c3cc(-c4ccc(-c5ccc(-c6nc7c(-c8ccccc8)cc(-c8ccccc8)cn7n6)cc5)cc4)nc(-c4ccccc4)n3)cc2)cc1. The maximum absolute atomic E-state index is 5.06. The molecule has 7 aromatic carbocycles. The molecule has 0 bridgehead atoms. The van der Waals surface area contributed by atoms with E-state index in [0.717, 1.165) is 72.7 Å². The second kappa shape index (κ2) is 14.8. The molecule has 57 heavy (non-hydrogen) atoms. The Hall–Kier alpha value is -7.76. The third kappa shape index (κ3) is 6.90. The number of rotatable bonds is 8. The molecule has 10 rings (SSSR count). The first-order valence-electron chi connectivity index (χ1n) is 19.0. The molecule has 0 aliphatic heterocycles. The van der Waals surface area contributed by atoms with Gasteiger partial charge in [0.05, 0.1) is 11.4 Å². The van der Waals surface area contributed by atoms with E-state index in [9.17, 15) is 0 Å². The summed E-state index contributed by atoms with van der Waals surface area (Å²) in [6, 6.07) is 71.3. The second-order valence-electron chi connectivity index (χ2n) is 14.0. The van der Waals surface area contributed by atoms with E-state index in [1.165, 1.54) is 11.1 Å². The van der Waals surface area contributed by atoms with Gasteiger partial charge in [-0.05, 0) is 45.5 Å². The van der Waals surface area contributed by atoms with Crippen LogP contribution in [0, 0.1) is 0 Å². The molecule has 0 radical (unpaired) electrons. The topological polar surface area (TPSA) is 56.0 Å². The van der Waals surface area contributed by atoms with Crippen LogP contribution in [0.2, 0.25) is 0 Å². The molecule has 0 spiro atoms. The van der Waals surface area contributed by atoms with E-state index in [4.69, 9.17) is 20.1 Å². The molecule has 0 saturated heterocycles. The Labute approximate surface area is 331 Å². The number of fused-ring (bicyclic) bond motifs is 1. The lowest BCUT2D eigenvalue weighted by molar-refractivity contribution is 0.968. The van der Waals surface area contributed by atoms with Gasteiger partial charge in [-0.2, -0.15) is 0 Å². The fraction of sp³-hybridized carbons (Fsp3) is 0. The average molecular weight is 730 g/mol. The number of pyridine rings is 1. The van der Waals surface area contributed by atoms with Crippen LogP contribution >= 0.6 is 0 Å². The standard InChI is InChI=1S/C52H35N5/c1-5-13-36(14-6-1)38-21-27-42(28-22-38)48-34-49(54-50(53-48)44-19-11-4-12-20-44)43-29-23-39(24-30-43)40-25-31-45(32-26-40)51-55-52-47(41-17-9-3-10-18-41)33-46(35-57(52)56-51)37-15-7-2-8-16-37/h1-35H. The van der Waals surface area contributed by atoms with Crippen LogP contribution in [0.25, 0.3) is 95.4 Å². The minimum atomic E-state index is 0.683. The zero-order chi connectivity index (χ0) is 38.0. The Kier molecular flexibility index (Phi) is 8.78. The predicted molar refractivity (Wildman–Crippen MR) is 232 cm³/mol. The van der Waals surface area contributed by atoms with Crippen molar-refractivity contribution < 1.29 is 0 Å². The first-order chi connectivity index (χ1) is 28.2. The van der Waals surface area contributed by atoms with E-state index in [0.29, 0.717) is 11.6 Å². The van der Waals surface area contributed by atoms with Crippen molar-refractivity contribution in [2.24, 2.45) is 0 Å². The Balaban J connectivity index is 0.952. The average Bonchev–Trinajstić information content (AvgIpc) is 3.74. The molecule has 0 fully saturated rings. The van der Waals surface area contributed by atoms with Crippen LogP contribution in [0.1, 0.15) is 0 Å². The first kappa shape index (κ1) is 33.8. The minimum absolute atomic E-state index is 0.683. The van der Waals surface area contributed by atoms with Gasteiger partial charge in [0, 0.05) is 39.6 Å². The second-order valence-corrected chi connectivity index (χ2v) is 14.0. The number of hydrogen-bond acceptors (Lipinski definition) is 4. The van der Waals surface area contributed by atoms with Gasteiger partial charge in [-0.1, -0.05) is 194 Å². The van der Waals surface area contributed by atoms with E-state index in [2.05, 4.69) is 176 Å². The summed E-state index contributed by atoms with van der Waals surface area (Å²) in [6.45, 7) is 0. The van der Waals surface area contributed by atoms with Crippen molar-refractivity contribution in [1.82, 2.24) is 24.6 Å². The fourth-order valence-corrected chi connectivity index (χ4v) is 7.30. The highest BCUT2D eigenvalue weighted by atomic mass is 15.3. The summed E-state index contributed by atoms with van der Waals surface area (Å²) in [4.78, 5) is 15.1. The molecule has 0 amide bonds. The van der Waals surface area contributed by atoms with Crippen LogP contribution in [-0.2, 0) is 0 Å². The number of nitrogens with zero attached hydrogens (tertiary/aromatic N) is 5. The lowest BCUT2D eigenvalue weighted by Crippen LogP contribution is -1.96. The summed E-state index contributed by atoms with van der Waals surface area (Å²) < 4.78 is 1.91. The normalized spacial score (nSPS) is 11.2. The van der Waals surface area contributed by atoms with Crippen molar-refractivity contribution in [3.05, 3.63) is 212 Å². The largest absolute Gasteiger partial charge is 0.228 e. The zero-order valence-electron chi connectivity index (χ0n) is 30.9. The first-order valence-corrected chi connectivity index (χ1v) is 19.0. The minimum Gasteiger partial charge on any atom is -0.228 e. The van der Waals surface area contributed by atoms with Gasteiger partial charge < -0.3 is 0 Å². The molecule has 0 atom stereocenters. The molecule has 0 aliphatic rings. The van der Waals surface area contributed by atoms with Gasteiger partial charge in [-0.25, -0.2) is 19.5 Å². The van der Waals surface area contributed by atoms with Crippen molar-refractivity contribution in [3.8, 4) is 89.8 Å². The highest BCUT2D eigenvalue weighted by molar-refractivity contribution is 5.83. The number of benzene rings is 7. The van der Waals surface area contributed by atoms with Crippen LogP contribution in [0.3, 0.4) is 0 Å². The van der Waals surface area contributed by atoms with Gasteiger partial charge in [-0.15, -0.1) is 5.10 Å². The molecule has 0 unspecified atom stereocenters. The number of hydrogen-bond donors (Lipinski definition) is 0. The molecule has 10 aromatic rings. The molecule has 5 heteroatoms. The Morgan fingerprint density at radius 3 is 1.14 bits per heavy atom. The monoisotopic (exact) mass is 729 g/mol. The van der Waals surface area contributed by atoms with Crippen LogP contribution in [0.15, 0.2) is 212 Å². The van der Waals surface area contributed by atoms with E-state index < -0.39 is 0 Å². The van der Waals surface area contributed by atoms with Crippen molar-refractivity contribution in [2.45, 2.75) is 0 Å². The van der Waals surface area contributed by atoms with Gasteiger partial charge in [0.15, 0.2) is 17.3 Å². The van der Waals surface area contributed by atoms with Gasteiger partial charge in [0.2, 0.25) is 0 Å². The molecular weight excluding hydrogens is 695 g/mol. The quantitative estimate of drug-likeness (QED) is 0.156. The van der Waals surface area contributed by atoms with Gasteiger partial charge in [0.1, 0.15) is 0 Å². The smallest absolute Gasteiger partial charge is 0.182 e. The van der Waals surface area contributed by atoms with Crippen molar-refractivity contribution >= 4 is 5.65 Å². The predicted octanol–water partition coefficient (Wildman–Crippen LogP) is 12.9. The molecule has 0 aliphatic carbocycles. The number of aromatic nitrogens is 5. The van der Waals surface area contributed by atoms with Gasteiger partial charge >= 0.3 is 0 Å². The van der Waals surface area contributed by atoms with E-state index >= 15 is 0 Å². The van der Waals surface area contributed by atoms with Crippen LogP contribution in [-0.4, -0.2) is 24.6 Å². The maximum Gasteiger partial charge on any atom is 0.182 e. The molecular formula is C52H35N5. The molecule has 5 nitrogen and oxygen atoms in total. The summed E-state index contributed by atoms with van der Waals surface area (Å²) in [7, 11) is 0. The van der Waals surface area contributed by atoms with Crippen LogP contribution in [0.4, 0.5) is 0 Å². The fourth-order valence-electron chi connectivity index (χ4n) is 7.30. The Morgan fingerprint density at radius 1 is 0.281 bits per heavy atom. The lowest BCUT2D eigenvalue weighted by Gasteiger charge is -2.11. The Morgan fingerprint density at radius 2 is 0.649 bits per heavy atom.